The second-order valence-electron chi connectivity index (χ2n) is 5.37. The zero-order valence-electron chi connectivity index (χ0n) is 11.9. The van der Waals surface area contributed by atoms with Crippen molar-refractivity contribution >= 4 is 5.91 Å². The van der Waals surface area contributed by atoms with Gasteiger partial charge in [-0.25, -0.2) is 0 Å². The van der Waals surface area contributed by atoms with Gasteiger partial charge in [-0.2, -0.15) is 0 Å². The van der Waals surface area contributed by atoms with E-state index in [4.69, 9.17) is 0 Å². The van der Waals surface area contributed by atoms with Crippen LogP contribution in [0.15, 0.2) is 0 Å². The molecular formula is C13H28N2O. The summed E-state index contributed by atoms with van der Waals surface area (Å²) in [6, 6.07) is 0.732. The van der Waals surface area contributed by atoms with Crippen molar-refractivity contribution in [3.05, 3.63) is 0 Å². The number of hydrogen-bond acceptors (Lipinski definition) is 2. The van der Waals surface area contributed by atoms with Gasteiger partial charge in [-0.05, 0) is 13.8 Å². The van der Waals surface area contributed by atoms with Gasteiger partial charge >= 0.3 is 0 Å². The van der Waals surface area contributed by atoms with Gasteiger partial charge in [0.15, 0.2) is 0 Å². The molecule has 1 rings (SSSR count). The van der Waals surface area contributed by atoms with Crippen molar-refractivity contribution in [3.63, 3.8) is 0 Å². The molecule has 1 heterocycles. The lowest BCUT2D eigenvalue weighted by atomic mass is 9.93. The first-order valence-corrected chi connectivity index (χ1v) is 6.37. The highest BCUT2D eigenvalue weighted by Gasteiger charge is 2.33. The van der Waals surface area contributed by atoms with Crippen LogP contribution < -0.4 is 5.32 Å². The number of nitrogens with zero attached hydrogens (tertiary/aromatic N) is 1. The molecule has 1 aliphatic heterocycles. The van der Waals surface area contributed by atoms with Crippen molar-refractivity contribution in [1.82, 2.24) is 10.2 Å². The molecule has 1 amide bonds. The highest BCUT2D eigenvalue weighted by molar-refractivity contribution is 5.82. The quantitative estimate of drug-likeness (QED) is 0.690. The normalized spacial score (nSPS) is 25.8. The Morgan fingerprint density at radius 1 is 1.25 bits per heavy atom. The molecular weight excluding hydrogens is 200 g/mol. The standard InChI is InChI=1S/C11H22N2O.C2H6/c1-8-7-13(9(2)6-12-8)10(14)11(3,4)5;1-2/h8-9,12H,6-7H2,1-5H3;1-2H3/t8-,9+;/m1./s1. The minimum atomic E-state index is -0.259. The SMILES string of the molecule is CC.C[C@@H]1CN(C(=O)C(C)(C)C)[C@@H](C)CN1. The van der Waals surface area contributed by atoms with Crippen LogP contribution in [0.1, 0.15) is 48.5 Å². The first kappa shape index (κ1) is 15.4. The summed E-state index contributed by atoms with van der Waals surface area (Å²) in [6.07, 6.45) is 0. The third kappa shape index (κ3) is 4.12. The predicted molar refractivity (Wildman–Crippen MR) is 69.4 cm³/mol. The minimum Gasteiger partial charge on any atom is -0.337 e. The fraction of sp³-hybridized carbons (Fsp3) is 0.923. The van der Waals surface area contributed by atoms with Crippen LogP contribution in [0.25, 0.3) is 0 Å². The van der Waals surface area contributed by atoms with Crippen LogP contribution in [0, 0.1) is 5.41 Å². The molecule has 1 N–H and O–H groups in total. The molecule has 0 saturated carbocycles. The zero-order chi connectivity index (χ0) is 12.9. The maximum absolute atomic E-state index is 12.1. The molecule has 16 heavy (non-hydrogen) atoms. The van der Waals surface area contributed by atoms with Gasteiger partial charge in [-0.15, -0.1) is 0 Å². The van der Waals surface area contributed by atoms with Gasteiger partial charge in [0.2, 0.25) is 5.91 Å². The van der Waals surface area contributed by atoms with E-state index in [2.05, 4.69) is 19.2 Å². The average molecular weight is 228 g/mol. The Labute approximate surface area is 101 Å². The Morgan fingerprint density at radius 3 is 2.19 bits per heavy atom. The largest absolute Gasteiger partial charge is 0.337 e. The zero-order valence-corrected chi connectivity index (χ0v) is 11.9. The van der Waals surface area contributed by atoms with Crippen LogP contribution in [0.4, 0.5) is 0 Å². The van der Waals surface area contributed by atoms with E-state index >= 15 is 0 Å². The van der Waals surface area contributed by atoms with Gasteiger partial charge in [0, 0.05) is 30.6 Å². The lowest BCUT2D eigenvalue weighted by molar-refractivity contribution is -0.143. The number of amides is 1. The molecule has 0 aromatic rings. The van der Waals surface area contributed by atoms with Crippen LogP contribution in [0.2, 0.25) is 0 Å². The fourth-order valence-corrected chi connectivity index (χ4v) is 1.74. The third-order valence-corrected chi connectivity index (χ3v) is 2.67. The molecule has 1 aliphatic rings. The van der Waals surface area contributed by atoms with Crippen LogP contribution in [-0.2, 0) is 4.79 Å². The van der Waals surface area contributed by atoms with Crippen molar-refractivity contribution in [1.29, 1.82) is 0 Å². The first-order chi connectivity index (χ1) is 7.32. The van der Waals surface area contributed by atoms with Gasteiger partial charge in [0.1, 0.15) is 0 Å². The fourth-order valence-electron chi connectivity index (χ4n) is 1.74. The van der Waals surface area contributed by atoms with Gasteiger partial charge < -0.3 is 10.2 Å². The number of carbonyl (C=O) groups is 1. The highest BCUT2D eigenvalue weighted by atomic mass is 16.2. The topological polar surface area (TPSA) is 32.3 Å². The van der Waals surface area contributed by atoms with Crippen molar-refractivity contribution < 1.29 is 4.79 Å². The summed E-state index contributed by atoms with van der Waals surface area (Å²) in [5.41, 5.74) is -0.259. The lowest BCUT2D eigenvalue weighted by Crippen LogP contribution is -2.58. The van der Waals surface area contributed by atoms with E-state index in [0.717, 1.165) is 13.1 Å². The molecule has 0 aromatic heterocycles. The summed E-state index contributed by atoms with van der Waals surface area (Å²) in [5.74, 6) is 0.262. The molecule has 0 unspecified atom stereocenters. The maximum Gasteiger partial charge on any atom is 0.228 e. The Bertz CT molecular complexity index is 220. The molecule has 0 radical (unpaired) electrons. The number of piperazine rings is 1. The molecule has 0 bridgehead atoms. The van der Waals surface area contributed by atoms with E-state index in [1.807, 2.05) is 39.5 Å². The van der Waals surface area contributed by atoms with E-state index < -0.39 is 0 Å². The van der Waals surface area contributed by atoms with Gasteiger partial charge in [-0.1, -0.05) is 34.6 Å². The summed E-state index contributed by atoms with van der Waals surface area (Å²) in [6.45, 7) is 15.9. The summed E-state index contributed by atoms with van der Waals surface area (Å²) < 4.78 is 0. The molecule has 0 spiro atoms. The monoisotopic (exact) mass is 228 g/mol. The van der Waals surface area contributed by atoms with Crippen molar-refractivity contribution in [2.75, 3.05) is 13.1 Å². The Hall–Kier alpha value is -0.570. The van der Waals surface area contributed by atoms with E-state index in [0.29, 0.717) is 12.1 Å². The Kier molecular flexibility index (Phi) is 6.01. The summed E-state index contributed by atoms with van der Waals surface area (Å²) in [7, 11) is 0. The van der Waals surface area contributed by atoms with Gasteiger partial charge in [-0.3, -0.25) is 4.79 Å². The second-order valence-corrected chi connectivity index (χ2v) is 5.37. The second kappa shape index (κ2) is 6.24. The first-order valence-electron chi connectivity index (χ1n) is 6.37. The molecule has 3 nitrogen and oxygen atoms in total. The summed E-state index contributed by atoms with van der Waals surface area (Å²) in [4.78, 5) is 14.1. The third-order valence-electron chi connectivity index (χ3n) is 2.67. The van der Waals surface area contributed by atoms with Crippen LogP contribution in [0.3, 0.4) is 0 Å². The molecule has 96 valence electrons. The predicted octanol–water partition coefficient (Wildman–Crippen LogP) is 2.27. The molecule has 3 heteroatoms. The van der Waals surface area contributed by atoms with Crippen molar-refractivity contribution in [2.24, 2.45) is 5.41 Å². The van der Waals surface area contributed by atoms with E-state index in [-0.39, 0.29) is 11.3 Å². The molecule has 1 saturated heterocycles. The van der Waals surface area contributed by atoms with E-state index in [9.17, 15) is 4.79 Å². The maximum atomic E-state index is 12.1. The smallest absolute Gasteiger partial charge is 0.228 e. The molecule has 0 aromatic carbocycles. The molecule has 1 fully saturated rings. The van der Waals surface area contributed by atoms with Crippen molar-refractivity contribution in [2.45, 2.75) is 60.5 Å². The number of rotatable bonds is 0. The van der Waals surface area contributed by atoms with E-state index in [1.165, 1.54) is 0 Å². The number of carbonyl (C=O) groups excluding carboxylic acids is 1. The summed E-state index contributed by atoms with van der Waals surface area (Å²) in [5, 5.41) is 3.37. The van der Waals surface area contributed by atoms with E-state index in [1.54, 1.807) is 0 Å². The van der Waals surface area contributed by atoms with Gasteiger partial charge in [0.05, 0.1) is 0 Å². The minimum absolute atomic E-state index is 0.259. The van der Waals surface area contributed by atoms with Crippen LogP contribution in [0.5, 0.6) is 0 Å². The summed E-state index contributed by atoms with van der Waals surface area (Å²) >= 11 is 0. The highest BCUT2D eigenvalue weighted by Crippen LogP contribution is 2.20. The molecule has 2 atom stereocenters. The lowest BCUT2D eigenvalue weighted by Gasteiger charge is -2.40. The average Bonchev–Trinajstić information content (AvgIpc) is 2.22. The van der Waals surface area contributed by atoms with Crippen molar-refractivity contribution in [3.8, 4) is 0 Å². The number of nitrogens with one attached hydrogen (secondary N) is 1. The van der Waals surface area contributed by atoms with Crippen LogP contribution in [-0.4, -0.2) is 36.0 Å². The number of hydrogen-bond donors (Lipinski definition) is 1. The van der Waals surface area contributed by atoms with Gasteiger partial charge in [0.25, 0.3) is 0 Å². The Morgan fingerprint density at radius 2 is 1.75 bits per heavy atom. The van der Waals surface area contributed by atoms with Crippen LogP contribution >= 0.6 is 0 Å². The Balaban J connectivity index is 0.00000106. The molecule has 0 aliphatic carbocycles.